The van der Waals surface area contributed by atoms with Gasteiger partial charge in [-0.15, -0.1) is 0 Å². The molecule has 2 aromatic heterocycles. The van der Waals surface area contributed by atoms with E-state index >= 15 is 0 Å². The van der Waals surface area contributed by atoms with E-state index in [-0.39, 0.29) is 29.6 Å². The second-order valence-corrected chi connectivity index (χ2v) is 13.1. The van der Waals surface area contributed by atoms with Crippen molar-refractivity contribution in [3.05, 3.63) is 115 Å². The molecule has 3 aliphatic heterocycles. The van der Waals surface area contributed by atoms with E-state index in [2.05, 4.69) is 11.0 Å². The van der Waals surface area contributed by atoms with Gasteiger partial charge in [-0.3, -0.25) is 19.3 Å². The van der Waals surface area contributed by atoms with E-state index in [1.54, 1.807) is 30.3 Å². The summed E-state index contributed by atoms with van der Waals surface area (Å²) in [6.07, 6.45) is 2.42. The predicted octanol–water partition coefficient (Wildman–Crippen LogP) is 4.39. The maximum Gasteiger partial charge on any atom is 0.306 e. The van der Waals surface area contributed by atoms with E-state index in [9.17, 15) is 19.5 Å². The highest BCUT2D eigenvalue weighted by Gasteiger charge is 2.35. The fraction of sp³-hybridized carbons (Fsp3) is 0.395. The molecule has 3 aliphatic rings. The Morgan fingerprint density at radius 1 is 1.02 bits per heavy atom. The van der Waals surface area contributed by atoms with E-state index in [0.29, 0.717) is 62.1 Å². The highest BCUT2D eigenvalue weighted by Crippen LogP contribution is 2.39. The summed E-state index contributed by atoms with van der Waals surface area (Å²) in [6, 6.07) is 18.2. The van der Waals surface area contributed by atoms with E-state index in [1.165, 1.54) is 25.8 Å². The second kappa shape index (κ2) is 13.8. The van der Waals surface area contributed by atoms with E-state index < -0.39 is 23.1 Å². The lowest BCUT2D eigenvalue weighted by Crippen LogP contribution is -2.46. The third-order valence-electron chi connectivity index (χ3n) is 9.84. The Morgan fingerprint density at radius 3 is 2.73 bits per heavy atom. The van der Waals surface area contributed by atoms with E-state index in [0.717, 1.165) is 36.4 Å². The van der Waals surface area contributed by atoms with Crippen LogP contribution in [0.5, 0.6) is 23.0 Å². The Labute approximate surface area is 283 Å². The number of likely N-dealkylation sites (tertiary alicyclic amines) is 1. The molecule has 1 N–H and O–H groups in total. The van der Waals surface area contributed by atoms with Crippen molar-refractivity contribution in [1.29, 1.82) is 0 Å². The number of methoxy groups -OCH3 is 2. The molecule has 1 fully saturated rings. The molecule has 0 saturated carbocycles. The zero-order valence-electron chi connectivity index (χ0n) is 27.7. The molecule has 3 atom stereocenters. The smallest absolute Gasteiger partial charge is 0.306 e. The van der Waals surface area contributed by atoms with Crippen molar-refractivity contribution >= 4 is 5.97 Å². The Balaban J connectivity index is 1.11. The minimum absolute atomic E-state index is 0.0155. The first-order valence-electron chi connectivity index (χ1n) is 16.7. The Morgan fingerprint density at radius 2 is 1.90 bits per heavy atom. The Hall–Kier alpha value is -5.03. The summed E-state index contributed by atoms with van der Waals surface area (Å²) in [7, 11) is 2.82. The molecule has 5 heterocycles. The molecule has 2 aromatic carbocycles. The van der Waals surface area contributed by atoms with Crippen LogP contribution in [-0.2, 0) is 35.5 Å². The van der Waals surface area contributed by atoms with Gasteiger partial charge in [0.25, 0.3) is 5.56 Å². The van der Waals surface area contributed by atoms with E-state index in [1.807, 2.05) is 22.8 Å². The summed E-state index contributed by atoms with van der Waals surface area (Å²) in [5.74, 6) is 0.812. The van der Waals surface area contributed by atoms with Crippen LogP contribution >= 0.6 is 0 Å². The lowest BCUT2D eigenvalue weighted by atomic mass is 9.83. The van der Waals surface area contributed by atoms with Gasteiger partial charge in [0.15, 0.2) is 17.3 Å². The van der Waals surface area contributed by atoms with Gasteiger partial charge in [-0.2, -0.15) is 0 Å². The molecule has 0 radical (unpaired) electrons. The van der Waals surface area contributed by atoms with Crippen molar-refractivity contribution in [2.45, 2.75) is 50.6 Å². The van der Waals surface area contributed by atoms with Crippen molar-refractivity contribution in [1.82, 2.24) is 9.47 Å². The maximum atomic E-state index is 13.1. The molecule has 11 heteroatoms. The zero-order valence-corrected chi connectivity index (χ0v) is 27.7. The zero-order chi connectivity index (χ0) is 34.1. The number of nitrogens with zero attached hydrogens (tertiary/aromatic N) is 2. The number of hydrogen-bond donors (Lipinski definition) is 1. The summed E-state index contributed by atoms with van der Waals surface area (Å²) in [5.41, 5.74) is 3.39. The molecule has 256 valence electrons. The Bertz CT molecular complexity index is 1980. The maximum absolute atomic E-state index is 13.1. The molecule has 4 aromatic rings. The molecular weight excluding hydrogens is 628 g/mol. The van der Waals surface area contributed by atoms with Crippen LogP contribution in [-0.4, -0.2) is 61.1 Å². The van der Waals surface area contributed by atoms with Crippen LogP contribution in [0.2, 0.25) is 0 Å². The standard InChI is InChI=1S/C38H40N2O9/c1-45-34-16-25(7-9-33(34)48-12-10-23-6-8-32-26(14-23)11-13-47-32)29(18-36(43)46-2)38-37(44)31(41)17-28(49-38)22-39-19-24-15-27(21-39)30-4-3-5-35(42)40(30)20-24/h3-9,14,16-17,24,27,29,44H,10-13,15,18-22H2,1-2H3/t24-,27+,29-/m0/s1. The van der Waals surface area contributed by atoms with Gasteiger partial charge in [-0.1, -0.05) is 24.3 Å². The van der Waals surface area contributed by atoms with Gasteiger partial charge in [0.05, 0.1) is 46.3 Å². The molecule has 2 bridgehead atoms. The minimum Gasteiger partial charge on any atom is -0.502 e. The molecule has 0 aliphatic carbocycles. The van der Waals surface area contributed by atoms with Crippen molar-refractivity contribution in [3.63, 3.8) is 0 Å². The number of esters is 1. The van der Waals surface area contributed by atoms with Crippen LogP contribution in [0.3, 0.4) is 0 Å². The van der Waals surface area contributed by atoms with Crippen molar-refractivity contribution < 1.29 is 33.3 Å². The summed E-state index contributed by atoms with van der Waals surface area (Å²) in [5, 5.41) is 11.0. The third-order valence-corrected chi connectivity index (χ3v) is 9.84. The minimum atomic E-state index is -0.837. The number of rotatable bonds is 11. The van der Waals surface area contributed by atoms with Crippen molar-refractivity contribution in [2.75, 3.05) is 40.5 Å². The average molecular weight is 669 g/mol. The van der Waals surface area contributed by atoms with Gasteiger partial charge < -0.3 is 33.0 Å². The molecular formula is C38H40N2O9. The summed E-state index contributed by atoms with van der Waals surface area (Å²) in [4.78, 5) is 40.5. The Kier molecular flexibility index (Phi) is 9.18. The lowest BCUT2D eigenvalue weighted by Gasteiger charge is -2.42. The largest absolute Gasteiger partial charge is 0.502 e. The number of carbonyl (C=O) groups is 1. The fourth-order valence-electron chi connectivity index (χ4n) is 7.52. The molecule has 11 nitrogen and oxygen atoms in total. The van der Waals surface area contributed by atoms with Gasteiger partial charge in [0.1, 0.15) is 11.5 Å². The molecule has 0 spiro atoms. The first kappa shape index (κ1) is 32.5. The number of fused-ring (bicyclic) bond motifs is 5. The van der Waals surface area contributed by atoms with E-state index in [4.69, 9.17) is 23.4 Å². The predicted molar refractivity (Wildman–Crippen MR) is 180 cm³/mol. The summed E-state index contributed by atoms with van der Waals surface area (Å²) in [6.45, 7) is 3.55. The second-order valence-electron chi connectivity index (χ2n) is 13.1. The third kappa shape index (κ3) is 6.80. The highest BCUT2D eigenvalue weighted by molar-refractivity contribution is 5.71. The number of carbonyl (C=O) groups excluding carboxylic acids is 1. The number of pyridine rings is 1. The normalized spacial score (nSPS) is 18.6. The average Bonchev–Trinajstić information content (AvgIpc) is 3.57. The SMILES string of the molecule is COC(=O)C[C@@H](c1ccc(OCCc2ccc3c(c2)CCO3)c(OC)c1)c1oc(CN2C[C@@H]3C[C@H](C2)c2cccc(=O)n2C3)cc(=O)c1O. The molecule has 0 unspecified atom stereocenters. The van der Waals surface area contributed by atoms with Crippen LogP contribution in [0.4, 0.5) is 0 Å². The van der Waals surface area contributed by atoms with Gasteiger partial charge in [-0.05, 0) is 53.3 Å². The first-order chi connectivity index (χ1) is 23.8. The number of aromatic hydroxyl groups is 1. The van der Waals surface area contributed by atoms with Crippen LogP contribution in [0.1, 0.15) is 58.6 Å². The molecule has 1 saturated heterocycles. The topological polar surface area (TPSA) is 130 Å². The van der Waals surface area contributed by atoms with Gasteiger partial charge >= 0.3 is 5.97 Å². The van der Waals surface area contributed by atoms with Crippen LogP contribution in [0.15, 0.2) is 74.7 Å². The molecule has 0 amide bonds. The quantitative estimate of drug-likeness (QED) is 0.230. The van der Waals surface area contributed by atoms with Crippen molar-refractivity contribution in [3.8, 4) is 23.0 Å². The van der Waals surface area contributed by atoms with Gasteiger partial charge in [-0.25, -0.2) is 0 Å². The molecule has 49 heavy (non-hydrogen) atoms. The lowest BCUT2D eigenvalue weighted by molar-refractivity contribution is -0.140. The number of hydrogen-bond acceptors (Lipinski definition) is 10. The summed E-state index contributed by atoms with van der Waals surface area (Å²) < 4.78 is 30.5. The number of piperidine rings is 1. The monoisotopic (exact) mass is 668 g/mol. The van der Waals surface area contributed by atoms with Crippen molar-refractivity contribution in [2.24, 2.45) is 5.92 Å². The van der Waals surface area contributed by atoms with Gasteiger partial charge in [0, 0.05) is 56.2 Å². The van der Waals surface area contributed by atoms with Gasteiger partial charge in [0.2, 0.25) is 11.2 Å². The fourth-order valence-corrected chi connectivity index (χ4v) is 7.52. The van der Waals surface area contributed by atoms with Crippen LogP contribution in [0.25, 0.3) is 0 Å². The molecule has 7 rings (SSSR count). The number of ether oxygens (including phenoxy) is 4. The number of aromatic nitrogens is 1. The highest BCUT2D eigenvalue weighted by atomic mass is 16.5. The van der Waals surface area contributed by atoms with Crippen LogP contribution < -0.4 is 25.2 Å². The number of benzene rings is 2. The first-order valence-corrected chi connectivity index (χ1v) is 16.7. The van der Waals surface area contributed by atoms with Crippen LogP contribution in [0, 0.1) is 5.92 Å². The summed E-state index contributed by atoms with van der Waals surface area (Å²) >= 11 is 0.